The van der Waals surface area contributed by atoms with E-state index in [9.17, 15) is 4.79 Å². The first-order chi connectivity index (χ1) is 9.41. The van der Waals surface area contributed by atoms with Crippen molar-refractivity contribution in [3.05, 3.63) is 22.4 Å². The van der Waals surface area contributed by atoms with Gasteiger partial charge in [-0.15, -0.1) is 11.3 Å². The number of rotatable bonds is 8. The molecule has 0 aliphatic rings. The Bertz CT molecular complexity index is 387. The Balaban J connectivity index is 2.49. The third kappa shape index (κ3) is 5.63. The van der Waals surface area contributed by atoms with Crippen LogP contribution < -0.4 is 10.6 Å². The minimum absolute atomic E-state index is 0.0906. The van der Waals surface area contributed by atoms with Gasteiger partial charge in [-0.2, -0.15) is 0 Å². The van der Waals surface area contributed by atoms with Gasteiger partial charge in [0.2, 0.25) is 5.91 Å². The highest BCUT2D eigenvalue weighted by Crippen LogP contribution is 2.26. The van der Waals surface area contributed by atoms with Crippen LogP contribution in [0.15, 0.2) is 17.5 Å². The topological polar surface area (TPSA) is 41.1 Å². The molecular formula is C16H28N2OS. The predicted molar refractivity (Wildman–Crippen MR) is 87.0 cm³/mol. The number of thiophene rings is 1. The minimum Gasteiger partial charge on any atom is -0.355 e. The molecule has 0 spiro atoms. The number of hydrogen-bond acceptors (Lipinski definition) is 3. The molecule has 1 heterocycles. The molecule has 0 aromatic carbocycles. The molecule has 0 saturated heterocycles. The van der Waals surface area contributed by atoms with Crippen molar-refractivity contribution in [2.75, 3.05) is 6.54 Å². The summed E-state index contributed by atoms with van der Waals surface area (Å²) in [6.07, 6.45) is 1.02. The molecule has 1 aromatic heterocycles. The van der Waals surface area contributed by atoms with E-state index in [1.807, 2.05) is 6.92 Å². The van der Waals surface area contributed by atoms with E-state index in [1.54, 1.807) is 11.3 Å². The molecule has 1 amide bonds. The van der Waals surface area contributed by atoms with Crippen LogP contribution in [0.4, 0.5) is 0 Å². The number of carbonyl (C=O) groups is 1. The van der Waals surface area contributed by atoms with Gasteiger partial charge in [0.15, 0.2) is 0 Å². The van der Waals surface area contributed by atoms with Crippen LogP contribution >= 0.6 is 11.3 Å². The van der Waals surface area contributed by atoms with Gasteiger partial charge < -0.3 is 5.32 Å². The fourth-order valence-electron chi connectivity index (χ4n) is 2.05. The van der Waals surface area contributed by atoms with Crippen molar-refractivity contribution in [3.63, 3.8) is 0 Å². The zero-order valence-corrected chi connectivity index (χ0v) is 14.1. The van der Waals surface area contributed by atoms with Crippen LogP contribution in [0.5, 0.6) is 0 Å². The van der Waals surface area contributed by atoms with Gasteiger partial charge >= 0.3 is 0 Å². The van der Waals surface area contributed by atoms with Crippen LogP contribution in [-0.4, -0.2) is 18.5 Å². The second-order valence-electron chi connectivity index (χ2n) is 6.10. The van der Waals surface area contributed by atoms with Crippen molar-refractivity contribution in [1.29, 1.82) is 0 Å². The van der Waals surface area contributed by atoms with E-state index >= 15 is 0 Å². The van der Waals surface area contributed by atoms with E-state index < -0.39 is 0 Å². The van der Waals surface area contributed by atoms with Gasteiger partial charge in [-0.1, -0.05) is 33.8 Å². The summed E-state index contributed by atoms with van der Waals surface area (Å²) in [4.78, 5) is 13.4. The van der Waals surface area contributed by atoms with Crippen molar-refractivity contribution < 1.29 is 4.79 Å². The molecule has 0 fully saturated rings. The minimum atomic E-state index is -0.170. The summed E-state index contributed by atoms with van der Waals surface area (Å²) in [5, 5.41) is 8.54. The van der Waals surface area contributed by atoms with Crippen molar-refractivity contribution in [2.45, 2.75) is 53.1 Å². The number of nitrogens with one attached hydrogen (secondary N) is 2. The summed E-state index contributed by atoms with van der Waals surface area (Å²) < 4.78 is 0. The molecule has 2 atom stereocenters. The van der Waals surface area contributed by atoms with Crippen LogP contribution in [0.2, 0.25) is 0 Å². The molecule has 0 aliphatic carbocycles. The molecular weight excluding hydrogens is 268 g/mol. The normalized spacial score (nSPS) is 14.6. The van der Waals surface area contributed by atoms with E-state index in [0.717, 1.165) is 13.0 Å². The molecule has 114 valence electrons. The lowest BCUT2D eigenvalue weighted by Gasteiger charge is -2.25. The Morgan fingerprint density at radius 1 is 1.25 bits per heavy atom. The smallest absolute Gasteiger partial charge is 0.236 e. The first kappa shape index (κ1) is 17.2. The summed E-state index contributed by atoms with van der Waals surface area (Å²) in [6, 6.07) is 4.26. The van der Waals surface area contributed by atoms with Crippen LogP contribution in [0.3, 0.4) is 0 Å². The summed E-state index contributed by atoms with van der Waals surface area (Å²) in [7, 11) is 0. The lowest BCUT2D eigenvalue weighted by Crippen LogP contribution is -2.45. The standard InChI is InChI=1S/C16H28N2OS/c1-11(2)8-9-17-16(19)13(5)18-15(12(3)4)14-7-6-10-20-14/h6-7,10-13,15,18H,8-9H2,1-5H3,(H,17,19). The van der Waals surface area contributed by atoms with Crippen LogP contribution in [0, 0.1) is 11.8 Å². The summed E-state index contributed by atoms with van der Waals surface area (Å²) in [5.74, 6) is 1.17. The van der Waals surface area contributed by atoms with Crippen molar-refractivity contribution >= 4 is 17.2 Å². The molecule has 1 rings (SSSR count). The lowest BCUT2D eigenvalue weighted by atomic mass is 10.0. The van der Waals surface area contributed by atoms with Crippen LogP contribution in [0.1, 0.15) is 52.0 Å². The predicted octanol–water partition coefficient (Wildman–Crippen LogP) is 3.59. The van der Waals surface area contributed by atoms with Crippen molar-refractivity contribution in [1.82, 2.24) is 10.6 Å². The van der Waals surface area contributed by atoms with Crippen molar-refractivity contribution in [3.8, 4) is 0 Å². The fourth-order valence-corrected chi connectivity index (χ4v) is 3.01. The maximum absolute atomic E-state index is 12.1. The second-order valence-corrected chi connectivity index (χ2v) is 7.08. The zero-order chi connectivity index (χ0) is 15.1. The Morgan fingerprint density at radius 2 is 1.95 bits per heavy atom. The summed E-state index contributed by atoms with van der Waals surface area (Å²) in [5.41, 5.74) is 0. The van der Waals surface area contributed by atoms with Crippen LogP contribution in [-0.2, 0) is 4.79 Å². The molecule has 1 aromatic rings. The Kier molecular flexibility index (Phi) is 7.24. The van der Waals surface area contributed by atoms with E-state index in [-0.39, 0.29) is 18.0 Å². The summed E-state index contributed by atoms with van der Waals surface area (Å²) >= 11 is 1.74. The third-order valence-electron chi connectivity index (χ3n) is 3.36. The average molecular weight is 296 g/mol. The van der Waals surface area contributed by atoms with Gasteiger partial charge in [0, 0.05) is 17.5 Å². The molecule has 2 N–H and O–H groups in total. The third-order valence-corrected chi connectivity index (χ3v) is 4.32. The molecule has 2 unspecified atom stereocenters. The highest BCUT2D eigenvalue weighted by atomic mass is 32.1. The fraction of sp³-hybridized carbons (Fsp3) is 0.688. The van der Waals surface area contributed by atoms with Gasteiger partial charge in [-0.05, 0) is 36.6 Å². The SMILES string of the molecule is CC(C)CCNC(=O)C(C)NC(c1cccs1)C(C)C. The Hall–Kier alpha value is -0.870. The second kappa shape index (κ2) is 8.42. The Morgan fingerprint density at radius 3 is 2.45 bits per heavy atom. The largest absolute Gasteiger partial charge is 0.355 e. The van der Waals surface area contributed by atoms with Gasteiger partial charge in [-0.3, -0.25) is 10.1 Å². The molecule has 0 radical (unpaired) electrons. The van der Waals surface area contributed by atoms with Gasteiger partial charge in [0.25, 0.3) is 0 Å². The highest BCUT2D eigenvalue weighted by molar-refractivity contribution is 7.10. The van der Waals surface area contributed by atoms with Crippen LogP contribution in [0.25, 0.3) is 0 Å². The first-order valence-electron chi connectivity index (χ1n) is 7.49. The number of carbonyl (C=O) groups excluding carboxylic acids is 1. The first-order valence-corrected chi connectivity index (χ1v) is 8.37. The average Bonchev–Trinajstić information content (AvgIpc) is 2.88. The highest BCUT2D eigenvalue weighted by Gasteiger charge is 2.22. The van der Waals surface area contributed by atoms with Gasteiger partial charge in [0.05, 0.1) is 6.04 Å². The van der Waals surface area contributed by atoms with E-state index in [1.165, 1.54) is 4.88 Å². The Labute approximate surface area is 127 Å². The molecule has 3 nitrogen and oxygen atoms in total. The molecule has 0 saturated carbocycles. The van der Waals surface area contributed by atoms with E-state index in [0.29, 0.717) is 11.8 Å². The molecule has 20 heavy (non-hydrogen) atoms. The molecule has 0 aliphatic heterocycles. The van der Waals surface area contributed by atoms with Crippen molar-refractivity contribution in [2.24, 2.45) is 11.8 Å². The lowest BCUT2D eigenvalue weighted by molar-refractivity contribution is -0.123. The molecule has 4 heteroatoms. The molecule has 0 bridgehead atoms. The quantitative estimate of drug-likeness (QED) is 0.770. The van der Waals surface area contributed by atoms with Gasteiger partial charge in [0.1, 0.15) is 0 Å². The number of amides is 1. The zero-order valence-electron chi connectivity index (χ0n) is 13.3. The monoisotopic (exact) mass is 296 g/mol. The maximum Gasteiger partial charge on any atom is 0.236 e. The van der Waals surface area contributed by atoms with E-state index in [4.69, 9.17) is 0 Å². The van der Waals surface area contributed by atoms with E-state index in [2.05, 4.69) is 55.8 Å². The van der Waals surface area contributed by atoms with Gasteiger partial charge in [-0.25, -0.2) is 0 Å². The summed E-state index contributed by atoms with van der Waals surface area (Å²) in [6.45, 7) is 11.4. The number of hydrogen-bond donors (Lipinski definition) is 2. The maximum atomic E-state index is 12.1.